The quantitative estimate of drug-likeness (QED) is 0.805. The highest BCUT2D eigenvalue weighted by atomic mass is 16.6. The second kappa shape index (κ2) is 7.87. The van der Waals surface area contributed by atoms with Crippen molar-refractivity contribution in [2.24, 2.45) is 5.73 Å². The number of carbonyl (C=O) groups excluding carboxylic acids is 1. The summed E-state index contributed by atoms with van der Waals surface area (Å²) < 4.78 is 10.8. The van der Waals surface area contributed by atoms with Gasteiger partial charge in [0.2, 0.25) is 0 Å². The molecule has 1 saturated heterocycles. The number of rotatable bonds is 6. The third-order valence-corrected chi connectivity index (χ3v) is 3.39. The molecule has 110 valence electrons. The van der Waals surface area contributed by atoms with Gasteiger partial charge in [-0.1, -0.05) is 30.3 Å². The summed E-state index contributed by atoms with van der Waals surface area (Å²) in [5.41, 5.74) is 6.39. The Morgan fingerprint density at radius 3 is 2.90 bits per heavy atom. The van der Waals surface area contributed by atoms with Crippen LogP contribution in [0.25, 0.3) is 0 Å². The molecule has 1 amide bonds. The maximum absolute atomic E-state index is 12.1. The van der Waals surface area contributed by atoms with Gasteiger partial charge < -0.3 is 20.1 Å². The summed E-state index contributed by atoms with van der Waals surface area (Å²) in [6.07, 6.45) is 1.70. The first-order valence-corrected chi connectivity index (χ1v) is 7.06. The zero-order valence-electron chi connectivity index (χ0n) is 11.7. The summed E-state index contributed by atoms with van der Waals surface area (Å²) in [6, 6.07) is 9.81. The van der Waals surface area contributed by atoms with Crippen molar-refractivity contribution < 1.29 is 14.3 Å². The third kappa shape index (κ3) is 4.21. The number of ether oxygens (including phenoxy) is 2. The Hall–Kier alpha value is -1.59. The Morgan fingerprint density at radius 1 is 1.35 bits per heavy atom. The summed E-state index contributed by atoms with van der Waals surface area (Å²) in [7, 11) is 0. The third-order valence-electron chi connectivity index (χ3n) is 3.39. The zero-order chi connectivity index (χ0) is 14.2. The average molecular weight is 278 g/mol. The van der Waals surface area contributed by atoms with E-state index in [9.17, 15) is 4.79 Å². The van der Waals surface area contributed by atoms with Gasteiger partial charge in [0.1, 0.15) is 6.61 Å². The molecule has 0 saturated carbocycles. The number of hydrogen-bond acceptors (Lipinski definition) is 4. The molecule has 2 rings (SSSR count). The predicted molar refractivity (Wildman–Crippen MR) is 76.2 cm³/mol. The monoisotopic (exact) mass is 278 g/mol. The fourth-order valence-electron chi connectivity index (χ4n) is 2.35. The smallest absolute Gasteiger partial charge is 0.410 e. The number of amides is 1. The summed E-state index contributed by atoms with van der Waals surface area (Å²) in [5, 5.41) is 0. The second-order valence-corrected chi connectivity index (χ2v) is 4.89. The number of benzene rings is 1. The summed E-state index contributed by atoms with van der Waals surface area (Å²) >= 11 is 0. The molecule has 5 nitrogen and oxygen atoms in total. The van der Waals surface area contributed by atoms with Crippen LogP contribution in [0.5, 0.6) is 0 Å². The van der Waals surface area contributed by atoms with Crippen molar-refractivity contribution in [2.75, 3.05) is 26.3 Å². The minimum Gasteiger partial charge on any atom is -0.445 e. The van der Waals surface area contributed by atoms with Crippen molar-refractivity contribution in [1.82, 2.24) is 4.90 Å². The second-order valence-electron chi connectivity index (χ2n) is 4.89. The first kappa shape index (κ1) is 14.8. The van der Waals surface area contributed by atoms with Gasteiger partial charge in [-0.3, -0.25) is 0 Å². The van der Waals surface area contributed by atoms with Gasteiger partial charge in [0, 0.05) is 13.1 Å². The summed E-state index contributed by atoms with van der Waals surface area (Å²) in [6.45, 7) is 2.63. The highest BCUT2D eigenvalue weighted by Gasteiger charge is 2.29. The summed E-state index contributed by atoms with van der Waals surface area (Å²) in [4.78, 5) is 13.8. The van der Waals surface area contributed by atoms with Crippen LogP contribution in [0, 0.1) is 0 Å². The van der Waals surface area contributed by atoms with E-state index in [1.54, 1.807) is 4.90 Å². The number of likely N-dealkylation sites (tertiary alicyclic amines) is 1. The van der Waals surface area contributed by atoms with Gasteiger partial charge in [0.05, 0.1) is 19.3 Å². The van der Waals surface area contributed by atoms with E-state index in [4.69, 9.17) is 15.2 Å². The molecule has 1 aromatic rings. The molecule has 1 heterocycles. The average Bonchev–Trinajstić information content (AvgIpc) is 2.95. The molecule has 1 aromatic carbocycles. The largest absolute Gasteiger partial charge is 0.445 e. The van der Waals surface area contributed by atoms with Gasteiger partial charge in [-0.05, 0) is 18.4 Å². The first-order valence-electron chi connectivity index (χ1n) is 7.06. The number of carbonyl (C=O) groups is 1. The van der Waals surface area contributed by atoms with Crippen LogP contribution in [0.1, 0.15) is 18.4 Å². The van der Waals surface area contributed by atoms with Crippen LogP contribution in [0.3, 0.4) is 0 Å². The van der Waals surface area contributed by atoms with Crippen LogP contribution in [-0.2, 0) is 16.1 Å². The molecule has 0 bridgehead atoms. The van der Waals surface area contributed by atoms with Gasteiger partial charge in [0.15, 0.2) is 0 Å². The number of nitrogens with zero attached hydrogens (tertiary/aromatic N) is 1. The molecule has 0 spiro atoms. The normalized spacial score (nSPS) is 18.2. The van der Waals surface area contributed by atoms with Crippen LogP contribution in [0.15, 0.2) is 30.3 Å². The topological polar surface area (TPSA) is 64.8 Å². The Balaban J connectivity index is 1.78. The van der Waals surface area contributed by atoms with Crippen molar-refractivity contribution in [1.29, 1.82) is 0 Å². The molecule has 0 radical (unpaired) electrons. The molecule has 1 fully saturated rings. The van der Waals surface area contributed by atoms with Crippen LogP contribution >= 0.6 is 0 Å². The SMILES string of the molecule is NCCOCC1CCCN1C(=O)OCc1ccccc1. The van der Waals surface area contributed by atoms with E-state index in [1.807, 2.05) is 30.3 Å². The van der Waals surface area contributed by atoms with Crippen molar-refractivity contribution in [3.05, 3.63) is 35.9 Å². The van der Waals surface area contributed by atoms with Gasteiger partial charge in [-0.25, -0.2) is 4.79 Å². The standard InChI is InChI=1S/C15H22N2O3/c16-8-10-19-12-14-7-4-9-17(14)15(18)20-11-13-5-2-1-3-6-13/h1-3,5-6,14H,4,7-12,16H2. The fraction of sp³-hybridized carbons (Fsp3) is 0.533. The molecular weight excluding hydrogens is 256 g/mol. The van der Waals surface area contributed by atoms with Gasteiger partial charge in [-0.2, -0.15) is 0 Å². The van der Waals surface area contributed by atoms with E-state index in [2.05, 4.69) is 0 Å². The minimum atomic E-state index is -0.257. The van der Waals surface area contributed by atoms with Crippen molar-refractivity contribution in [3.8, 4) is 0 Å². The van der Waals surface area contributed by atoms with E-state index in [0.717, 1.165) is 24.9 Å². The lowest BCUT2D eigenvalue weighted by Crippen LogP contribution is -2.38. The Morgan fingerprint density at radius 2 is 2.15 bits per heavy atom. The predicted octanol–water partition coefficient (Wildman–Crippen LogP) is 1.76. The van der Waals surface area contributed by atoms with E-state index in [1.165, 1.54) is 0 Å². The highest BCUT2D eigenvalue weighted by molar-refractivity contribution is 5.68. The van der Waals surface area contributed by atoms with Gasteiger partial charge >= 0.3 is 6.09 Å². The Kier molecular flexibility index (Phi) is 5.83. The van der Waals surface area contributed by atoms with Gasteiger partial charge in [-0.15, -0.1) is 0 Å². The number of hydrogen-bond donors (Lipinski definition) is 1. The molecule has 0 aromatic heterocycles. The zero-order valence-corrected chi connectivity index (χ0v) is 11.7. The molecule has 1 atom stereocenters. The molecule has 2 N–H and O–H groups in total. The molecule has 1 aliphatic heterocycles. The fourth-order valence-corrected chi connectivity index (χ4v) is 2.35. The Labute approximate surface area is 119 Å². The molecule has 0 aliphatic carbocycles. The van der Waals surface area contributed by atoms with Crippen molar-refractivity contribution in [3.63, 3.8) is 0 Å². The lowest BCUT2D eigenvalue weighted by atomic mass is 10.2. The lowest BCUT2D eigenvalue weighted by molar-refractivity contribution is 0.0573. The van der Waals surface area contributed by atoms with Crippen molar-refractivity contribution in [2.45, 2.75) is 25.5 Å². The molecular formula is C15H22N2O3. The van der Waals surface area contributed by atoms with Gasteiger partial charge in [0.25, 0.3) is 0 Å². The van der Waals surface area contributed by atoms with E-state index in [0.29, 0.717) is 26.4 Å². The maximum Gasteiger partial charge on any atom is 0.410 e. The van der Waals surface area contributed by atoms with E-state index in [-0.39, 0.29) is 12.1 Å². The minimum absolute atomic E-state index is 0.116. The van der Waals surface area contributed by atoms with E-state index >= 15 is 0 Å². The number of nitrogens with two attached hydrogens (primary N) is 1. The maximum atomic E-state index is 12.1. The Bertz CT molecular complexity index is 411. The molecule has 1 aliphatic rings. The highest BCUT2D eigenvalue weighted by Crippen LogP contribution is 2.19. The molecule has 5 heteroatoms. The van der Waals surface area contributed by atoms with Crippen LogP contribution in [0.2, 0.25) is 0 Å². The lowest BCUT2D eigenvalue weighted by Gasteiger charge is -2.23. The first-order chi connectivity index (χ1) is 9.81. The van der Waals surface area contributed by atoms with Crippen molar-refractivity contribution >= 4 is 6.09 Å². The summed E-state index contributed by atoms with van der Waals surface area (Å²) in [5.74, 6) is 0. The van der Waals surface area contributed by atoms with Crippen LogP contribution in [-0.4, -0.2) is 43.3 Å². The van der Waals surface area contributed by atoms with Crippen LogP contribution in [0.4, 0.5) is 4.79 Å². The molecule has 1 unspecified atom stereocenters. The van der Waals surface area contributed by atoms with E-state index < -0.39 is 0 Å². The molecule has 20 heavy (non-hydrogen) atoms. The van der Waals surface area contributed by atoms with Crippen LogP contribution < -0.4 is 5.73 Å².